The molecule has 1 aliphatic carbocycles. The monoisotopic (exact) mass is 752 g/mol. The van der Waals surface area contributed by atoms with Crippen LogP contribution in [0.15, 0.2) is 146 Å². The summed E-state index contributed by atoms with van der Waals surface area (Å²) in [5.74, 6) is 0. The molecule has 0 fully saturated rings. The third kappa shape index (κ3) is 7.19. The van der Waals surface area contributed by atoms with E-state index in [1.54, 1.807) is 0 Å². The van der Waals surface area contributed by atoms with Crippen molar-refractivity contribution in [2.24, 2.45) is 0 Å². The molecule has 0 spiro atoms. The average molecular weight is 753 g/mol. The van der Waals surface area contributed by atoms with Crippen molar-refractivity contribution in [3.63, 3.8) is 0 Å². The summed E-state index contributed by atoms with van der Waals surface area (Å²) in [6.07, 6.45) is 12.5. The Morgan fingerprint density at radius 1 is 0.328 bits per heavy atom. The molecule has 8 aromatic carbocycles. The zero-order valence-corrected chi connectivity index (χ0v) is 34.9. The van der Waals surface area contributed by atoms with E-state index in [1.165, 1.54) is 162 Å². The Hall–Kier alpha value is -5.72. The van der Waals surface area contributed by atoms with Gasteiger partial charge < -0.3 is 0 Å². The molecule has 0 amide bonds. The molecule has 0 atom stereocenters. The molecule has 0 saturated carbocycles. The van der Waals surface area contributed by atoms with E-state index >= 15 is 0 Å². The highest BCUT2D eigenvalue weighted by Gasteiger charge is 2.31. The Kier molecular flexibility index (Phi) is 10.9. The molecule has 58 heavy (non-hydrogen) atoms. The number of hydrogen-bond donors (Lipinski definition) is 0. The molecule has 0 bridgehead atoms. The molecule has 9 rings (SSSR count). The molecular weight excluding hydrogens is 697 g/mol. The lowest BCUT2D eigenvalue weighted by Crippen LogP contribution is -1.95. The molecule has 288 valence electrons. The molecule has 0 aromatic heterocycles. The third-order valence-electron chi connectivity index (χ3n) is 12.6. The van der Waals surface area contributed by atoms with Crippen molar-refractivity contribution >= 4 is 21.5 Å². The second-order valence-electron chi connectivity index (χ2n) is 16.9. The van der Waals surface area contributed by atoms with E-state index in [9.17, 15) is 0 Å². The van der Waals surface area contributed by atoms with Crippen molar-refractivity contribution in [2.75, 3.05) is 0 Å². The first-order chi connectivity index (χ1) is 28.5. The molecule has 0 radical (unpaired) electrons. The largest absolute Gasteiger partial charge is 0.0654 e. The number of hydrogen-bond acceptors (Lipinski definition) is 0. The van der Waals surface area contributed by atoms with Crippen molar-refractivity contribution in [1.29, 1.82) is 0 Å². The summed E-state index contributed by atoms with van der Waals surface area (Å²) >= 11 is 0. The molecule has 0 saturated heterocycles. The predicted octanol–water partition coefficient (Wildman–Crippen LogP) is 17.2. The molecule has 1 aliphatic rings. The van der Waals surface area contributed by atoms with E-state index < -0.39 is 0 Å². The van der Waals surface area contributed by atoms with Gasteiger partial charge in [0.05, 0.1) is 0 Å². The van der Waals surface area contributed by atoms with Crippen LogP contribution in [0.3, 0.4) is 0 Å². The number of benzene rings is 8. The molecular formula is C58H56. The summed E-state index contributed by atoms with van der Waals surface area (Å²) in [6, 6.07) is 56.0. The zero-order valence-electron chi connectivity index (χ0n) is 34.9. The van der Waals surface area contributed by atoms with Gasteiger partial charge in [0.25, 0.3) is 0 Å². The summed E-state index contributed by atoms with van der Waals surface area (Å²) < 4.78 is 0. The van der Waals surface area contributed by atoms with Crippen LogP contribution in [0.4, 0.5) is 0 Å². The molecule has 0 heterocycles. The van der Waals surface area contributed by atoms with Gasteiger partial charge in [-0.1, -0.05) is 203 Å². The highest BCUT2D eigenvalue weighted by atomic mass is 14.3. The van der Waals surface area contributed by atoms with Gasteiger partial charge in [-0.25, -0.2) is 0 Å². The quantitative estimate of drug-likeness (QED) is 0.0971. The van der Waals surface area contributed by atoms with Gasteiger partial charge in [0.1, 0.15) is 0 Å². The Labute approximate surface area is 346 Å². The van der Waals surface area contributed by atoms with E-state index in [-0.39, 0.29) is 0 Å². The molecule has 0 nitrogen and oxygen atoms in total. The Balaban J connectivity index is 1.29. The van der Waals surface area contributed by atoms with Crippen LogP contribution in [0.5, 0.6) is 0 Å². The van der Waals surface area contributed by atoms with Crippen LogP contribution < -0.4 is 0 Å². The fraction of sp³-hybridized carbons (Fsp3) is 0.241. The van der Waals surface area contributed by atoms with Crippen molar-refractivity contribution in [2.45, 2.75) is 91.9 Å². The highest BCUT2D eigenvalue weighted by molar-refractivity contribution is 6.29. The van der Waals surface area contributed by atoms with Gasteiger partial charge in [-0.2, -0.15) is 0 Å². The van der Waals surface area contributed by atoms with Crippen LogP contribution in [0.25, 0.3) is 88.3 Å². The minimum absolute atomic E-state index is 1.14. The maximum absolute atomic E-state index is 2.50. The third-order valence-corrected chi connectivity index (χ3v) is 12.6. The van der Waals surface area contributed by atoms with E-state index in [4.69, 9.17) is 0 Å². The SMILES string of the molecule is CCCCCCc1cc(C)cc(-c2ccc3c(-c4ccccc4)c4c(c(-c5ccccc5)c3c2)-c2ccc(-c3cc(C)cc(CCCCCC)c3)c3cccc-4c23)c1. The Morgan fingerprint density at radius 2 is 0.879 bits per heavy atom. The van der Waals surface area contributed by atoms with Crippen LogP contribution in [0.2, 0.25) is 0 Å². The summed E-state index contributed by atoms with van der Waals surface area (Å²) in [5.41, 5.74) is 21.4. The number of aryl methyl sites for hydroxylation is 4. The van der Waals surface area contributed by atoms with E-state index in [0.29, 0.717) is 0 Å². The molecule has 0 N–H and O–H groups in total. The van der Waals surface area contributed by atoms with Gasteiger partial charge in [0.15, 0.2) is 0 Å². The van der Waals surface area contributed by atoms with Gasteiger partial charge in [-0.05, 0) is 145 Å². The van der Waals surface area contributed by atoms with Crippen LogP contribution >= 0.6 is 0 Å². The fourth-order valence-corrected chi connectivity index (χ4v) is 9.94. The molecule has 0 aliphatic heterocycles. The van der Waals surface area contributed by atoms with Crippen molar-refractivity contribution in [1.82, 2.24) is 0 Å². The van der Waals surface area contributed by atoms with E-state index in [2.05, 4.69) is 173 Å². The van der Waals surface area contributed by atoms with Gasteiger partial charge >= 0.3 is 0 Å². The standard InChI is InChI=1S/C58H56/c1-5-7-9-13-20-41-32-39(3)34-46(36-41)45-28-29-50-53(38-45)55(44-24-17-12-18-25-44)58-52-31-30-48(47-35-40(4)33-42(37-47)21-14-10-8-6-2)49-26-19-27-51(56(49)52)57(58)54(50)43-22-15-11-16-23-43/h11-12,15-19,22-38H,5-10,13-14,20-21H2,1-4H3. The minimum atomic E-state index is 1.14. The van der Waals surface area contributed by atoms with Crippen molar-refractivity contribution in [3.05, 3.63) is 168 Å². The van der Waals surface area contributed by atoms with Crippen LogP contribution in [0, 0.1) is 13.8 Å². The van der Waals surface area contributed by atoms with Crippen molar-refractivity contribution in [3.8, 4) is 66.8 Å². The molecule has 0 unspecified atom stereocenters. The van der Waals surface area contributed by atoms with Gasteiger partial charge in [-0.15, -0.1) is 0 Å². The lowest BCUT2D eigenvalue weighted by molar-refractivity contribution is 0.667. The summed E-state index contributed by atoms with van der Waals surface area (Å²) in [7, 11) is 0. The van der Waals surface area contributed by atoms with Crippen molar-refractivity contribution < 1.29 is 0 Å². The summed E-state index contributed by atoms with van der Waals surface area (Å²) in [6.45, 7) is 9.10. The highest BCUT2D eigenvalue weighted by Crippen LogP contribution is 2.58. The molecule has 0 heteroatoms. The normalized spacial score (nSPS) is 11.8. The number of unbranched alkanes of at least 4 members (excludes halogenated alkanes) is 6. The van der Waals surface area contributed by atoms with Gasteiger partial charge in [-0.3, -0.25) is 0 Å². The van der Waals surface area contributed by atoms with Gasteiger partial charge in [0, 0.05) is 0 Å². The minimum Gasteiger partial charge on any atom is -0.0654 e. The summed E-state index contributed by atoms with van der Waals surface area (Å²) in [5, 5.41) is 5.32. The van der Waals surface area contributed by atoms with Crippen LogP contribution in [-0.2, 0) is 12.8 Å². The number of fused-ring (bicyclic) bond motifs is 4. The average Bonchev–Trinajstić information content (AvgIpc) is 3.58. The maximum atomic E-state index is 2.50. The fourth-order valence-electron chi connectivity index (χ4n) is 9.94. The Morgan fingerprint density at radius 3 is 1.50 bits per heavy atom. The second kappa shape index (κ2) is 16.6. The number of rotatable bonds is 14. The first kappa shape index (κ1) is 37.8. The second-order valence-corrected chi connectivity index (χ2v) is 16.9. The predicted molar refractivity (Wildman–Crippen MR) is 253 cm³/mol. The maximum Gasteiger partial charge on any atom is -0.000741 e. The first-order valence-corrected chi connectivity index (χ1v) is 22.0. The topological polar surface area (TPSA) is 0 Å². The van der Waals surface area contributed by atoms with Crippen LogP contribution in [0.1, 0.15) is 87.5 Å². The van der Waals surface area contributed by atoms with E-state index in [0.717, 1.165) is 12.8 Å². The lowest BCUT2D eigenvalue weighted by Gasteiger charge is -2.21. The van der Waals surface area contributed by atoms with Crippen LogP contribution in [-0.4, -0.2) is 0 Å². The van der Waals surface area contributed by atoms with Gasteiger partial charge in [0.2, 0.25) is 0 Å². The Bertz CT molecular complexity index is 2750. The first-order valence-electron chi connectivity index (χ1n) is 22.0. The van der Waals surface area contributed by atoms with E-state index in [1.807, 2.05) is 0 Å². The molecule has 8 aromatic rings. The zero-order chi connectivity index (χ0) is 39.6. The smallest absolute Gasteiger partial charge is 0.000741 e. The summed E-state index contributed by atoms with van der Waals surface area (Å²) in [4.78, 5) is 0. The lowest BCUT2D eigenvalue weighted by atomic mass is 9.81.